The van der Waals surface area contributed by atoms with Crippen molar-refractivity contribution in [2.75, 3.05) is 13.2 Å². The van der Waals surface area contributed by atoms with Gasteiger partial charge in [0.25, 0.3) is 0 Å². The molecule has 1 heterocycles. The van der Waals surface area contributed by atoms with E-state index in [9.17, 15) is 0 Å². The number of fused-ring (bicyclic) bond motifs is 1. The van der Waals surface area contributed by atoms with Gasteiger partial charge in [-0.05, 0) is 37.3 Å². The molecule has 0 bridgehead atoms. The number of hydrogen-bond donors (Lipinski definition) is 1. The molecule has 2 nitrogen and oxygen atoms in total. The maximum Gasteiger partial charge on any atom is 0.122 e. The predicted molar refractivity (Wildman–Crippen MR) is 74.1 cm³/mol. The van der Waals surface area contributed by atoms with Gasteiger partial charge in [0.2, 0.25) is 0 Å². The second-order valence-electron chi connectivity index (χ2n) is 5.26. The monoisotopic (exact) mass is 243 g/mol. The van der Waals surface area contributed by atoms with Gasteiger partial charge in [-0.25, -0.2) is 0 Å². The van der Waals surface area contributed by atoms with E-state index in [-0.39, 0.29) is 0 Å². The molecule has 2 aliphatic rings. The Hall–Kier alpha value is -1.28. The highest BCUT2D eigenvalue weighted by atomic mass is 16.5. The van der Waals surface area contributed by atoms with Crippen LogP contribution in [0, 0.1) is 0 Å². The van der Waals surface area contributed by atoms with Crippen LogP contribution in [0.4, 0.5) is 0 Å². The summed E-state index contributed by atoms with van der Waals surface area (Å²) in [5.74, 6) is 1.69. The maximum absolute atomic E-state index is 5.71. The molecular formula is C16H21NO. The number of rotatable bonds is 3. The SMILES string of the molecule is C1=CCC(NCC2CCOc3ccccc32)CC1. The highest BCUT2D eigenvalue weighted by Gasteiger charge is 2.21. The lowest BCUT2D eigenvalue weighted by molar-refractivity contribution is 0.261. The fourth-order valence-corrected chi connectivity index (χ4v) is 2.92. The van der Waals surface area contributed by atoms with Crippen molar-refractivity contribution in [3.05, 3.63) is 42.0 Å². The van der Waals surface area contributed by atoms with Crippen LogP contribution in [0.15, 0.2) is 36.4 Å². The standard InChI is InChI=1S/C16H21NO/c1-2-6-14(7-3-1)17-12-13-10-11-18-16-9-5-4-8-15(13)16/h1-2,4-5,8-9,13-14,17H,3,6-7,10-12H2. The molecule has 2 unspecified atom stereocenters. The fourth-order valence-electron chi connectivity index (χ4n) is 2.92. The molecule has 0 saturated carbocycles. The van der Waals surface area contributed by atoms with Crippen LogP contribution in [-0.2, 0) is 0 Å². The average molecular weight is 243 g/mol. The van der Waals surface area contributed by atoms with Gasteiger partial charge in [0.05, 0.1) is 6.61 Å². The summed E-state index contributed by atoms with van der Waals surface area (Å²) in [5, 5.41) is 3.73. The zero-order valence-corrected chi connectivity index (χ0v) is 10.8. The Labute approximate surface area is 109 Å². The van der Waals surface area contributed by atoms with Crippen molar-refractivity contribution in [1.29, 1.82) is 0 Å². The lowest BCUT2D eigenvalue weighted by atomic mass is 9.92. The van der Waals surface area contributed by atoms with Gasteiger partial charge in [0, 0.05) is 18.5 Å². The highest BCUT2D eigenvalue weighted by molar-refractivity contribution is 5.37. The van der Waals surface area contributed by atoms with Gasteiger partial charge in [-0.15, -0.1) is 0 Å². The first-order valence-electron chi connectivity index (χ1n) is 7.03. The van der Waals surface area contributed by atoms with Crippen LogP contribution in [0.25, 0.3) is 0 Å². The molecular weight excluding hydrogens is 222 g/mol. The van der Waals surface area contributed by atoms with E-state index in [1.807, 2.05) is 0 Å². The summed E-state index contributed by atoms with van der Waals surface area (Å²) in [5.41, 5.74) is 1.38. The van der Waals surface area contributed by atoms with Crippen molar-refractivity contribution < 1.29 is 4.74 Å². The van der Waals surface area contributed by atoms with Crippen molar-refractivity contribution in [1.82, 2.24) is 5.32 Å². The molecule has 3 rings (SSSR count). The van der Waals surface area contributed by atoms with E-state index in [0.717, 1.165) is 25.3 Å². The minimum absolute atomic E-state index is 0.612. The zero-order chi connectivity index (χ0) is 12.2. The average Bonchev–Trinajstić information content (AvgIpc) is 2.46. The first-order valence-corrected chi connectivity index (χ1v) is 7.03. The van der Waals surface area contributed by atoms with E-state index in [4.69, 9.17) is 4.74 Å². The molecule has 2 atom stereocenters. The quantitative estimate of drug-likeness (QED) is 0.823. The summed E-state index contributed by atoms with van der Waals surface area (Å²) >= 11 is 0. The van der Waals surface area contributed by atoms with Crippen LogP contribution in [0.1, 0.15) is 37.2 Å². The second kappa shape index (κ2) is 5.57. The Kier molecular flexibility index (Phi) is 3.65. The summed E-state index contributed by atoms with van der Waals surface area (Å²) in [6.07, 6.45) is 9.42. The number of ether oxygens (including phenoxy) is 1. The van der Waals surface area contributed by atoms with E-state index < -0.39 is 0 Å². The summed E-state index contributed by atoms with van der Waals surface area (Å²) < 4.78 is 5.71. The Morgan fingerprint density at radius 1 is 1.17 bits per heavy atom. The first-order chi connectivity index (χ1) is 8.93. The molecule has 18 heavy (non-hydrogen) atoms. The van der Waals surface area contributed by atoms with Crippen molar-refractivity contribution in [3.63, 3.8) is 0 Å². The Bertz CT molecular complexity index is 427. The molecule has 0 amide bonds. The molecule has 96 valence electrons. The summed E-state index contributed by atoms with van der Waals surface area (Å²) in [6, 6.07) is 9.14. The minimum atomic E-state index is 0.612. The number of allylic oxidation sites excluding steroid dienone is 1. The molecule has 0 aromatic heterocycles. The van der Waals surface area contributed by atoms with Crippen LogP contribution >= 0.6 is 0 Å². The van der Waals surface area contributed by atoms with Crippen LogP contribution in [0.5, 0.6) is 5.75 Å². The first kappa shape index (κ1) is 11.8. The third-order valence-corrected chi connectivity index (χ3v) is 4.00. The number of benzene rings is 1. The van der Waals surface area contributed by atoms with E-state index in [2.05, 4.69) is 41.7 Å². The van der Waals surface area contributed by atoms with Gasteiger partial charge in [-0.3, -0.25) is 0 Å². The largest absolute Gasteiger partial charge is 0.493 e. The zero-order valence-electron chi connectivity index (χ0n) is 10.8. The van der Waals surface area contributed by atoms with E-state index in [0.29, 0.717) is 12.0 Å². The number of para-hydroxylation sites is 1. The van der Waals surface area contributed by atoms with E-state index >= 15 is 0 Å². The summed E-state index contributed by atoms with van der Waals surface area (Å²) in [7, 11) is 0. The third-order valence-electron chi connectivity index (χ3n) is 4.00. The van der Waals surface area contributed by atoms with Gasteiger partial charge in [0.1, 0.15) is 5.75 Å². The smallest absolute Gasteiger partial charge is 0.122 e. The van der Waals surface area contributed by atoms with Crippen molar-refractivity contribution >= 4 is 0 Å². The Morgan fingerprint density at radius 2 is 2.11 bits per heavy atom. The molecule has 0 spiro atoms. The molecule has 1 aromatic carbocycles. The van der Waals surface area contributed by atoms with Crippen molar-refractivity contribution in [2.45, 2.75) is 37.6 Å². The van der Waals surface area contributed by atoms with E-state index in [1.54, 1.807) is 0 Å². The Morgan fingerprint density at radius 3 is 3.00 bits per heavy atom. The van der Waals surface area contributed by atoms with Crippen LogP contribution in [0.2, 0.25) is 0 Å². The van der Waals surface area contributed by atoms with E-state index in [1.165, 1.54) is 24.8 Å². The number of nitrogens with one attached hydrogen (secondary N) is 1. The lowest BCUT2D eigenvalue weighted by Crippen LogP contribution is -2.34. The highest BCUT2D eigenvalue weighted by Crippen LogP contribution is 2.32. The molecule has 1 aliphatic carbocycles. The predicted octanol–water partition coefficient (Wildman–Crippen LogP) is 3.25. The number of hydrogen-bond acceptors (Lipinski definition) is 2. The van der Waals surface area contributed by atoms with Gasteiger partial charge in [0.15, 0.2) is 0 Å². The molecule has 2 heteroatoms. The lowest BCUT2D eigenvalue weighted by Gasteiger charge is -2.28. The normalized spacial score (nSPS) is 26.4. The minimum Gasteiger partial charge on any atom is -0.493 e. The van der Waals surface area contributed by atoms with Gasteiger partial charge >= 0.3 is 0 Å². The molecule has 0 fully saturated rings. The Balaban J connectivity index is 1.62. The fraction of sp³-hybridized carbons (Fsp3) is 0.500. The summed E-state index contributed by atoms with van der Waals surface area (Å²) in [4.78, 5) is 0. The van der Waals surface area contributed by atoms with Crippen molar-refractivity contribution in [2.24, 2.45) is 0 Å². The van der Waals surface area contributed by atoms with Gasteiger partial charge in [-0.1, -0.05) is 30.4 Å². The van der Waals surface area contributed by atoms with Gasteiger partial charge in [-0.2, -0.15) is 0 Å². The molecule has 1 N–H and O–H groups in total. The molecule has 0 saturated heterocycles. The van der Waals surface area contributed by atoms with Gasteiger partial charge < -0.3 is 10.1 Å². The maximum atomic E-state index is 5.71. The molecule has 1 aliphatic heterocycles. The van der Waals surface area contributed by atoms with Crippen LogP contribution in [-0.4, -0.2) is 19.2 Å². The van der Waals surface area contributed by atoms with Crippen molar-refractivity contribution in [3.8, 4) is 5.75 Å². The molecule has 0 radical (unpaired) electrons. The topological polar surface area (TPSA) is 21.3 Å². The molecule has 1 aromatic rings. The van der Waals surface area contributed by atoms with Crippen LogP contribution in [0.3, 0.4) is 0 Å². The van der Waals surface area contributed by atoms with Crippen LogP contribution < -0.4 is 10.1 Å². The second-order valence-corrected chi connectivity index (χ2v) is 5.26. The summed E-state index contributed by atoms with van der Waals surface area (Å²) in [6.45, 7) is 1.94. The third kappa shape index (κ3) is 2.59.